The first-order valence-corrected chi connectivity index (χ1v) is 5.93. The van der Waals surface area contributed by atoms with Gasteiger partial charge in [0.25, 0.3) is 0 Å². The van der Waals surface area contributed by atoms with Gasteiger partial charge in [0.15, 0.2) is 17.3 Å². The summed E-state index contributed by atoms with van der Waals surface area (Å²) >= 11 is 0. The lowest BCUT2D eigenvalue weighted by Gasteiger charge is -2.10. The number of rotatable bonds is 5. The van der Waals surface area contributed by atoms with Crippen molar-refractivity contribution in [1.29, 1.82) is 0 Å². The van der Waals surface area contributed by atoms with Gasteiger partial charge in [-0.1, -0.05) is 5.16 Å². The quantitative estimate of drug-likeness (QED) is 0.892. The van der Waals surface area contributed by atoms with Gasteiger partial charge in [0, 0.05) is 18.7 Å². The highest BCUT2D eigenvalue weighted by atomic mass is 16.5. The Balaban J connectivity index is 2.04. The number of hydrogen-bond donors (Lipinski definition) is 1. The maximum absolute atomic E-state index is 11.8. The second kappa shape index (κ2) is 6.05. The third-order valence-corrected chi connectivity index (χ3v) is 2.56. The minimum Gasteiger partial charge on any atom is -0.493 e. The third-order valence-electron chi connectivity index (χ3n) is 2.56. The Labute approximate surface area is 115 Å². The molecule has 1 amide bonds. The molecule has 7 heteroatoms. The standard InChI is InChI=1S/C13H15N3O4/c1-8-14-12(16-20-8)7-13(17)15-9-4-5-10(18-2)11(6-9)19-3/h4-6H,7H2,1-3H3,(H,15,17). The third kappa shape index (κ3) is 3.25. The summed E-state index contributed by atoms with van der Waals surface area (Å²) in [5.41, 5.74) is 0.605. The molecular weight excluding hydrogens is 262 g/mol. The lowest BCUT2D eigenvalue weighted by molar-refractivity contribution is -0.115. The number of anilines is 1. The molecule has 0 unspecified atom stereocenters. The monoisotopic (exact) mass is 277 g/mol. The first kappa shape index (κ1) is 13.9. The minimum atomic E-state index is -0.238. The molecule has 106 valence electrons. The number of benzene rings is 1. The first-order valence-electron chi connectivity index (χ1n) is 5.93. The van der Waals surface area contributed by atoms with Crippen LogP contribution in [0.25, 0.3) is 0 Å². The summed E-state index contributed by atoms with van der Waals surface area (Å²) in [5.74, 6) is 1.68. The number of carbonyl (C=O) groups excluding carboxylic acids is 1. The number of nitrogens with zero attached hydrogens (tertiary/aromatic N) is 2. The molecule has 7 nitrogen and oxygen atoms in total. The van der Waals surface area contributed by atoms with Crippen LogP contribution in [0.4, 0.5) is 5.69 Å². The van der Waals surface area contributed by atoms with Gasteiger partial charge < -0.3 is 19.3 Å². The molecule has 0 aliphatic heterocycles. The Bertz CT molecular complexity index is 609. The molecule has 1 aromatic carbocycles. The number of methoxy groups -OCH3 is 2. The molecule has 0 spiro atoms. The van der Waals surface area contributed by atoms with Crippen molar-refractivity contribution in [1.82, 2.24) is 10.1 Å². The SMILES string of the molecule is COc1ccc(NC(=O)Cc2noc(C)n2)cc1OC. The van der Waals surface area contributed by atoms with Crippen LogP contribution in [-0.2, 0) is 11.2 Å². The predicted molar refractivity (Wildman–Crippen MR) is 70.9 cm³/mol. The zero-order chi connectivity index (χ0) is 14.5. The highest BCUT2D eigenvalue weighted by molar-refractivity contribution is 5.92. The molecule has 0 aliphatic rings. The van der Waals surface area contributed by atoms with Gasteiger partial charge >= 0.3 is 0 Å². The Hall–Kier alpha value is -2.57. The van der Waals surface area contributed by atoms with Crippen molar-refractivity contribution in [2.75, 3.05) is 19.5 Å². The van der Waals surface area contributed by atoms with E-state index in [1.807, 2.05) is 0 Å². The van der Waals surface area contributed by atoms with Crippen LogP contribution in [0.3, 0.4) is 0 Å². The smallest absolute Gasteiger partial charge is 0.232 e. The Morgan fingerprint density at radius 2 is 2.05 bits per heavy atom. The largest absolute Gasteiger partial charge is 0.493 e. The minimum absolute atomic E-state index is 0.0473. The molecule has 0 aliphatic carbocycles. The maximum atomic E-state index is 11.8. The maximum Gasteiger partial charge on any atom is 0.232 e. The number of aromatic nitrogens is 2. The van der Waals surface area contributed by atoms with Gasteiger partial charge in [0.05, 0.1) is 20.6 Å². The van der Waals surface area contributed by atoms with Gasteiger partial charge in [-0.2, -0.15) is 4.98 Å². The molecule has 20 heavy (non-hydrogen) atoms. The average Bonchev–Trinajstić information content (AvgIpc) is 2.83. The van der Waals surface area contributed by atoms with E-state index in [9.17, 15) is 4.79 Å². The molecule has 1 heterocycles. The summed E-state index contributed by atoms with van der Waals surface area (Å²) < 4.78 is 15.1. The van der Waals surface area contributed by atoms with Gasteiger partial charge in [-0.25, -0.2) is 0 Å². The van der Waals surface area contributed by atoms with Crippen LogP contribution >= 0.6 is 0 Å². The van der Waals surface area contributed by atoms with E-state index >= 15 is 0 Å². The number of hydrogen-bond acceptors (Lipinski definition) is 6. The molecule has 0 radical (unpaired) electrons. The fourth-order valence-corrected chi connectivity index (χ4v) is 1.68. The van der Waals surface area contributed by atoms with Crippen molar-refractivity contribution < 1.29 is 18.8 Å². The molecule has 0 saturated heterocycles. The lowest BCUT2D eigenvalue weighted by Crippen LogP contribution is -2.15. The van der Waals surface area contributed by atoms with Crippen molar-refractivity contribution in [2.24, 2.45) is 0 Å². The first-order chi connectivity index (χ1) is 9.62. The van der Waals surface area contributed by atoms with E-state index in [0.717, 1.165) is 0 Å². The second-order valence-corrected chi connectivity index (χ2v) is 4.02. The van der Waals surface area contributed by atoms with Crippen LogP contribution in [0.5, 0.6) is 11.5 Å². The summed E-state index contributed by atoms with van der Waals surface area (Å²) in [6.07, 6.45) is 0.0473. The van der Waals surface area contributed by atoms with Crippen molar-refractivity contribution in [2.45, 2.75) is 13.3 Å². The Kier molecular flexibility index (Phi) is 4.19. The van der Waals surface area contributed by atoms with E-state index in [0.29, 0.717) is 28.9 Å². The lowest BCUT2D eigenvalue weighted by atomic mass is 10.2. The van der Waals surface area contributed by atoms with Crippen LogP contribution in [0.1, 0.15) is 11.7 Å². The molecule has 0 saturated carbocycles. The van der Waals surface area contributed by atoms with Crippen LogP contribution in [0.2, 0.25) is 0 Å². The molecular formula is C13H15N3O4. The average molecular weight is 277 g/mol. The van der Waals surface area contributed by atoms with Gasteiger partial charge in [0.1, 0.15) is 0 Å². The van der Waals surface area contributed by atoms with Crippen molar-refractivity contribution in [3.8, 4) is 11.5 Å². The highest BCUT2D eigenvalue weighted by Gasteiger charge is 2.11. The molecule has 2 aromatic rings. The normalized spacial score (nSPS) is 10.2. The van der Waals surface area contributed by atoms with Crippen LogP contribution in [-0.4, -0.2) is 30.3 Å². The summed E-state index contributed by atoms with van der Waals surface area (Å²) in [6, 6.07) is 5.12. The van der Waals surface area contributed by atoms with E-state index in [1.165, 1.54) is 7.11 Å². The van der Waals surface area contributed by atoms with Gasteiger partial charge in [-0.3, -0.25) is 4.79 Å². The van der Waals surface area contributed by atoms with E-state index in [1.54, 1.807) is 32.2 Å². The Morgan fingerprint density at radius 1 is 1.30 bits per heavy atom. The topological polar surface area (TPSA) is 86.5 Å². The zero-order valence-electron chi connectivity index (χ0n) is 11.5. The van der Waals surface area contributed by atoms with Crippen LogP contribution in [0, 0.1) is 6.92 Å². The van der Waals surface area contributed by atoms with Crippen LogP contribution in [0.15, 0.2) is 22.7 Å². The Morgan fingerprint density at radius 3 is 2.65 bits per heavy atom. The van der Waals surface area contributed by atoms with E-state index in [-0.39, 0.29) is 12.3 Å². The van der Waals surface area contributed by atoms with Crippen molar-refractivity contribution >= 4 is 11.6 Å². The second-order valence-electron chi connectivity index (χ2n) is 4.02. The van der Waals surface area contributed by atoms with E-state index in [4.69, 9.17) is 14.0 Å². The van der Waals surface area contributed by atoms with Gasteiger partial charge in [0.2, 0.25) is 11.8 Å². The van der Waals surface area contributed by atoms with Crippen molar-refractivity contribution in [3.63, 3.8) is 0 Å². The summed E-state index contributed by atoms with van der Waals surface area (Å²) in [6.45, 7) is 1.67. The number of aryl methyl sites for hydroxylation is 1. The molecule has 0 atom stereocenters. The number of ether oxygens (including phenoxy) is 2. The number of amides is 1. The predicted octanol–water partition coefficient (Wildman–Crippen LogP) is 1.58. The molecule has 1 N–H and O–H groups in total. The molecule has 0 bridgehead atoms. The molecule has 0 fully saturated rings. The van der Waals surface area contributed by atoms with Gasteiger partial charge in [-0.05, 0) is 12.1 Å². The van der Waals surface area contributed by atoms with Crippen LogP contribution < -0.4 is 14.8 Å². The summed E-state index contributed by atoms with van der Waals surface area (Å²) in [4.78, 5) is 15.8. The van der Waals surface area contributed by atoms with Gasteiger partial charge in [-0.15, -0.1) is 0 Å². The fraction of sp³-hybridized carbons (Fsp3) is 0.308. The van der Waals surface area contributed by atoms with E-state index < -0.39 is 0 Å². The van der Waals surface area contributed by atoms with Crippen molar-refractivity contribution in [3.05, 3.63) is 29.9 Å². The van der Waals surface area contributed by atoms with E-state index in [2.05, 4.69) is 15.5 Å². The molecule has 1 aromatic heterocycles. The summed E-state index contributed by atoms with van der Waals surface area (Å²) in [5, 5.41) is 6.40. The zero-order valence-corrected chi connectivity index (χ0v) is 11.5. The summed E-state index contributed by atoms with van der Waals surface area (Å²) in [7, 11) is 3.08. The molecule has 2 rings (SSSR count). The highest BCUT2D eigenvalue weighted by Crippen LogP contribution is 2.29. The fourth-order valence-electron chi connectivity index (χ4n) is 1.68. The number of nitrogens with one attached hydrogen (secondary N) is 1. The number of carbonyl (C=O) groups is 1.